The van der Waals surface area contributed by atoms with Crippen LogP contribution in [0.3, 0.4) is 0 Å². The molecule has 0 saturated carbocycles. The van der Waals surface area contributed by atoms with E-state index in [1.54, 1.807) is 23.9 Å². The molecule has 4 aliphatic rings. The second-order valence-corrected chi connectivity index (χ2v) is 27.0. The number of hydrogen-bond acceptors (Lipinski definition) is 28. The minimum absolute atomic E-state index is 0.0450. The molecule has 0 aromatic heterocycles. The van der Waals surface area contributed by atoms with Crippen molar-refractivity contribution in [2.24, 2.45) is 75.3 Å². The van der Waals surface area contributed by atoms with Gasteiger partial charge in [-0.2, -0.15) is 11.8 Å². The fourth-order valence-corrected chi connectivity index (χ4v) is 12.8. The first-order valence-corrected chi connectivity index (χ1v) is 33.9. The topological polar surface area (TPSA) is 684 Å². The summed E-state index contributed by atoms with van der Waals surface area (Å²) in [6.07, 6.45) is 7.95. The second-order valence-electron chi connectivity index (χ2n) is 26.0. The lowest BCUT2D eigenvalue weighted by Crippen LogP contribution is -2.55. The average Bonchev–Trinajstić information content (AvgIpc) is 1.67. The van der Waals surface area contributed by atoms with Crippen LogP contribution in [0, 0.1) is 23.7 Å². The first-order chi connectivity index (χ1) is 45.6. The molecule has 554 valence electrons. The normalized spacial score (nSPS) is 24.5. The molecule has 0 radical (unpaired) electrons. The summed E-state index contributed by atoms with van der Waals surface area (Å²) in [5, 5.41) is 127. The Morgan fingerprint density at radius 3 is 1.01 bits per heavy atom. The van der Waals surface area contributed by atoms with Gasteiger partial charge in [0, 0.05) is 82.5 Å². The van der Waals surface area contributed by atoms with Crippen molar-refractivity contribution >= 4 is 93.7 Å². The minimum Gasteiger partial charge on any atom is -0.508 e. The van der Waals surface area contributed by atoms with Crippen molar-refractivity contribution in [1.82, 2.24) is 19.6 Å². The lowest BCUT2D eigenvalue weighted by molar-refractivity contribution is -0.145. The maximum absolute atomic E-state index is 12.7. The van der Waals surface area contributed by atoms with Crippen LogP contribution in [0.2, 0.25) is 25.3 Å². The van der Waals surface area contributed by atoms with Gasteiger partial charge in [0.15, 0.2) is 0 Å². The number of aromatic hydroxyl groups is 1. The molecule has 4 amide bonds. The van der Waals surface area contributed by atoms with E-state index < -0.39 is 134 Å². The van der Waals surface area contributed by atoms with Crippen molar-refractivity contribution in [3.05, 3.63) is 29.8 Å². The zero-order valence-corrected chi connectivity index (χ0v) is 56.4. The van der Waals surface area contributed by atoms with Gasteiger partial charge in [-0.05, 0) is 119 Å². The van der Waals surface area contributed by atoms with Gasteiger partial charge in [-0.15, -0.1) is 0 Å². The first-order valence-electron chi connectivity index (χ1n) is 32.5. The third kappa shape index (κ3) is 27.3. The van der Waals surface area contributed by atoms with Crippen molar-refractivity contribution in [2.75, 3.05) is 70.9 Å². The highest BCUT2D eigenvalue weighted by atomic mass is 32.2. The molecule has 32 N–H and O–H groups in total. The molecule has 5 rings (SSSR count). The van der Waals surface area contributed by atoms with E-state index in [9.17, 15) is 68.7 Å². The molecule has 0 spiro atoms. The van der Waals surface area contributed by atoms with E-state index >= 15 is 0 Å². The number of phenolic OH excluding ortho intramolecular Hbond substituents is 1. The van der Waals surface area contributed by atoms with Gasteiger partial charge in [-0.25, -0.2) is 0 Å². The van der Waals surface area contributed by atoms with Crippen LogP contribution in [-0.4, -0.2) is 290 Å². The van der Waals surface area contributed by atoms with Gasteiger partial charge < -0.3 is 142 Å². The number of nitrogens with two attached hydrogens (primary N) is 9. The monoisotopic (exact) mass is 1420 g/mol. The summed E-state index contributed by atoms with van der Waals surface area (Å²) in [5.41, 5.74) is 47.5. The van der Waals surface area contributed by atoms with Crippen LogP contribution in [-0.2, 0) is 49.6 Å². The summed E-state index contributed by atoms with van der Waals surface area (Å²) < 4.78 is 0. The molecule has 36 nitrogen and oxygen atoms in total. The summed E-state index contributed by atoms with van der Waals surface area (Å²) in [7, 11) is -5.80. The van der Waals surface area contributed by atoms with Gasteiger partial charge in [0.25, 0.3) is 0 Å². The van der Waals surface area contributed by atoms with Gasteiger partial charge in [0.2, 0.25) is 23.6 Å². The van der Waals surface area contributed by atoms with Crippen LogP contribution in [0.1, 0.15) is 95.5 Å². The highest BCUT2D eigenvalue weighted by Gasteiger charge is 2.54. The van der Waals surface area contributed by atoms with Gasteiger partial charge >= 0.3 is 58.3 Å². The molecule has 4 saturated heterocycles. The van der Waals surface area contributed by atoms with E-state index in [4.69, 9.17) is 96.9 Å². The number of carbonyl (C=O) groups excluding carboxylic acids is 4. The summed E-state index contributed by atoms with van der Waals surface area (Å²) in [6, 6.07) is 3.11. The number of rotatable bonds is 36. The quantitative estimate of drug-likeness (QED) is 0.0219. The van der Waals surface area contributed by atoms with Crippen molar-refractivity contribution in [2.45, 2.75) is 168 Å². The van der Waals surface area contributed by atoms with Crippen LogP contribution in [0.25, 0.3) is 0 Å². The van der Waals surface area contributed by atoms with E-state index in [0.29, 0.717) is 70.8 Å². The minimum atomic E-state index is -1.64. The Hall–Kier alpha value is -5.82. The Morgan fingerprint density at radius 1 is 0.459 bits per heavy atom. The lowest BCUT2D eigenvalue weighted by atomic mass is 9.78. The number of carboxylic acid groups (broad SMARTS) is 5. The molecule has 4 fully saturated rings. The van der Waals surface area contributed by atoms with Crippen LogP contribution in [0.15, 0.2) is 24.3 Å². The van der Waals surface area contributed by atoms with E-state index in [1.165, 1.54) is 31.7 Å². The zero-order valence-electron chi connectivity index (χ0n) is 55.6. The summed E-state index contributed by atoms with van der Waals surface area (Å²) in [5.74, 6) is -8.39. The third-order valence-electron chi connectivity index (χ3n) is 18.3. The Kier molecular flexibility index (Phi) is 37.7. The molecule has 0 aliphatic carbocycles. The highest BCUT2D eigenvalue weighted by Crippen LogP contribution is 2.35. The number of thioether (sulfide) groups is 1. The molecular formula is C57H105B4N13O23S. The van der Waals surface area contributed by atoms with E-state index in [1.807, 2.05) is 6.26 Å². The van der Waals surface area contributed by atoms with Gasteiger partial charge in [-0.1, -0.05) is 44.2 Å². The number of unbranched alkanes of at least 4 members (excludes halogenated alkanes) is 1. The number of amides is 4. The predicted molar refractivity (Wildman–Crippen MR) is 362 cm³/mol. The van der Waals surface area contributed by atoms with Gasteiger partial charge in [-0.3, -0.25) is 43.2 Å². The standard InChI is InChI=1S/C17H26BN3O6.C14H29BN4O5.C13H24BN3O7.C13H26BN3O5S/c19-14(8-11-3-5-13(22)6-4-11)15(23)21-9-12(2-1-7-18(26)27)17(20,10-21)16(24)25;16-7-2-1-5-11(17)12(20)19-8-10(4-3-6-15(23)24)14(18,9-19)13(21)22;15-9(3-4-10(18)19)11(20)17-6-8(2-1-5-14(23)24)13(16,7-17)12(21)22;1-23-6-4-10(15)11(18)17-7-9(3-2-5-14(21)22)13(16,8-17)12(19)20/h3-6,12,14,22,26-27H,1-2,7-10,19-20H2,(H,24,25);10-11,23-24H,1-9,16-18H2,(H,21,22);8-9,23-24H,1-7,15-16H2,(H,18,19)(H,21,22);9-10,21-22H,2-8,15-16H2,1H3,(H,19,20)/t12-,14-,17-;10-,11-,14-;8-,9-,13-;9-,10-,13-/m0000/s1. The van der Waals surface area contributed by atoms with Crippen LogP contribution >= 0.6 is 11.8 Å². The highest BCUT2D eigenvalue weighted by molar-refractivity contribution is 7.98. The van der Waals surface area contributed by atoms with Crippen LogP contribution < -0.4 is 51.6 Å². The Balaban J connectivity index is 0.000000445. The molecule has 98 heavy (non-hydrogen) atoms. The molecule has 12 atom stereocenters. The maximum Gasteiger partial charge on any atom is 0.451 e. The number of likely N-dealkylation sites (tertiary alicyclic amines) is 4. The van der Waals surface area contributed by atoms with Crippen molar-refractivity contribution < 1.29 is 114 Å². The second kappa shape index (κ2) is 41.8. The molecular weight excluding hydrogens is 1310 g/mol. The van der Waals surface area contributed by atoms with Crippen molar-refractivity contribution in [1.29, 1.82) is 0 Å². The molecule has 4 heterocycles. The number of aliphatic carboxylic acids is 5. The van der Waals surface area contributed by atoms with Crippen molar-refractivity contribution in [3.63, 3.8) is 0 Å². The smallest absolute Gasteiger partial charge is 0.451 e. The van der Waals surface area contributed by atoms with Crippen LogP contribution in [0.4, 0.5) is 0 Å². The largest absolute Gasteiger partial charge is 0.508 e. The van der Waals surface area contributed by atoms with Gasteiger partial charge in [0.1, 0.15) is 27.9 Å². The number of benzene rings is 1. The predicted octanol–water partition coefficient (Wildman–Crippen LogP) is -7.08. The number of nitrogens with zero attached hydrogens (tertiary/aromatic N) is 4. The van der Waals surface area contributed by atoms with Crippen molar-refractivity contribution in [3.8, 4) is 5.75 Å². The Labute approximate surface area is 574 Å². The number of phenols is 1. The van der Waals surface area contributed by atoms with Crippen LogP contribution in [0.5, 0.6) is 5.75 Å². The first kappa shape index (κ1) is 88.3. The third-order valence-corrected chi connectivity index (χ3v) is 19.0. The molecule has 1 aromatic rings. The molecule has 4 aliphatic heterocycles. The molecule has 0 unspecified atom stereocenters. The summed E-state index contributed by atoms with van der Waals surface area (Å²) in [6.45, 7) is 0.720. The molecule has 1 aromatic carbocycles. The SMILES string of the molecule is CSCC[C@H](N)C(=O)N1C[C@H](CCCB(O)O)[C@](N)(C(=O)O)C1.NCCCC[C@H](N)C(=O)N1C[C@H](CCCB(O)O)[C@](N)(C(=O)O)C1.N[C@@H](CCC(=O)O)C(=O)N1C[C@H](CCCB(O)O)[C@](N)(C(=O)O)C1.N[C@@H](Cc1ccc(O)cc1)C(=O)N1C[C@H](CCCB(O)O)[C@](N)(C(=O)O)C1. The molecule has 41 heteroatoms. The average molecular weight is 1420 g/mol. The molecule has 0 bridgehead atoms. The summed E-state index contributed by atoms with van der Waals surface area (Å²) >= 11 is 1.59. The van der Waals surface area contributed by atoms with E-state index in [-0.39, 0.29) is 120 Å². The lowest BCUT2D eigenvalue weighted by Gasteiger charge is -2.25. The number of hydrogen-bond donors (Lipinski definition) is 23. The van der Waals surface area contributed by atoms with E-state index in [0.717, 1.165) is 24.2 Å². The maximum atomic E-state index is 12.7. The zero-order chi connectivity index (χ0) is 74.6. The summed E-state index contributed by atoms with van der Waals surface area (Å²) in [4.78, 5) is 112. The Bertz CT molecular complexity index is 2740. The van der Waals surface area contributed by atoms with E-state index in [2.05, 4.69) is 0 Å². The fourth-order valence-electron chi connectivity index (χ4n) is 12.3. The fraction of sp³-hybridized carbons (Fsp3) is 0.737. The number of carbonyl (C=O) groups is 9. The Morgan fingerprint density at radius 2 is 0.745 bits per heavy atom. The number of carboxylic acids is 5. The van der Waals surface area contributed by atoms with Gasteiger partial charge in [0.05, 0.1) is 24.2 Å².